The first-order valence-corrected chi connectivity index (χ1v) is 5.82. The molecule has 0 amide bonds. The standard InChI is InChI=1S/C12H12N4O4/c1-9-11(6-10(7-14-9)16(18)19)12(17)20-5-4-15-3-2-13-8-15/h2-3,6-8H,4-5H2,1H3. The van der Waals surface area contributed by atoms with E-state index in [-0.39, 0.29) is 17.9 Å². The minimum Gasteiger partial charge on any atom is -0.460 e. The van der Waals surface area contributed by atoms with Gasteiger partial charge in [0.05, 0.1) is 29.1 Å². The summed E-state index contributed by atoms with van der Waals surface area (Å²) < 4.78 is 6.82. The van der Waals surface area contributed by atoms with Crippen LogP contribution in [0.25, 0.3) is 0 Å². The van der Waals surface area contributed by atoms with Crippen molar-refractivity contribution in [3.63, 3.8) is 0 Å². The normalized spacial score (nSPS) is 10.2. The van der Waals surface area contributed by atoms with Gasteiger partial charge in [0.25, 0.3) is 5.69 Å². The van der Waals surface area contributed by atoms with Crippen molar-refractivity contribution in [2.75, 3.05) is 6.61 Å². The highest BCUT2D eigenvalue weighted by atomic mass is 16.6. The largest absolute Gasteiger partial charge is 0.460 e. The molecule has 2 heterocycles. The molecule has 0 unspecified atom stereocenters. The minimum atomic E-state index is -0.626. The van der Waals surface area contributed by atoms with Gasteiger partial charge in [-0.3, -0.25) is 15.1 Å². The molecule has 0 aromatic carbocycles. The van der Waals surface area contributed by atoms with Crippen LogP contribution in [0.3, 0.4) is 0 Å². The summed E-state index contributed by atoms with van der Waals surface area (Å²) in [6.07, 6.45) is 6.08. The van der Waals surface area contributed by atoms with Crippen molar-refractivity contribution in [1.29, 1.82) is 0 Å². The van der Waals surface area contributed by atoms with Crippen LogP contribution in [0, 0.1) is 17.0 Å². The van der Waals surface area contributed by atoms with Crippen LogP contribution in [-0.2, 0) is 11.3 Å². The van der Waals surface area contributed by atoms with Crippen LogP contribution < -0.4 is 0 Å². The summed E-state index contributed by atoms with van der Waals surface area (Å²) in [4.78, 5) is 29.6. The van der Waals surface area contributed by atoms with Gasteiger partial charge >= 0.3 is 5.97 Å². The van der Waals surface area contributed by atoms with Gasteiger partial charge in [-0.1, -0.05) is 0 Å². The number of hydrogen-bond acceptors (Lipinski definition) is 6. The van der Waals surface area contributed by atoms with Crippen molar-refractivity contribution in [1.82, 2.24) is 14.5 Å². The minimum absolute atomic E-state index is 0.102. The predicted octanol–water partition coefficient (Wildman–Crippen LogP) is 1.35. The molecule has 20 heavy (non-hydrogen) atoms. The number of ether oxygens (including phenoxy) is 1. The first kappa shape index (κ1) is 13.7. The van der Waals surface area contributed by atoms with E-state index in [4.69, 9.17) is 4.74 Å². The van der Waals surface area contributed by atoms with Crippen LogP contribution in [0.1, 0.15) is 16.1 Å². The van der Waals surface area contributed by atoms with E-state index in [9.17, 15) is 14.9 Å². The van der Waals surface area contributed by atoms with Crippen molar-refractivity contribution in [2.24, 2.45) is 0 Å². The Hall–Kier alpha value is -2.77. The third kappa shape index (κ3) is 3.16. The Bertz CT molecular complexity index is 624. The smallest absolute Gasteiger partial charge is 0.340 e. The first-order chi connectivity index (χ1) is 9.58. The van der Waals surface area contributed by atoms with Gasteiger partial charge in [0, 0.05) is 18.5 Å². The third-order valence-corrected chi connectivity index (χ3v) is 2.65. The zero-order valence-electron chi connectivity index (χ0n) is 10.7. The molecule has 0 fully saturated rings. The molecule has 0 aliphatic heterocycles. The number of carbonyl (C=O) groups excluding carboxylic acids is 1. The molecule has 0 atom stereocenters. The van der Waals surface area contributed by atoms with Crippen LogP contribution in [0.2, 0.25) is 0 Å². The van der Waals surface area contributed by atoms with Gasteiger partial charge in [0.2, 0.25) is 0 Å². The summed E-state index contributed by atoms with van der Waals surface area (Å²) in [6, 6.07) is 1.17. The van der Waals surface area contributed by atoms with E-state index in [0.717, 1.165) is 6.20 Å². The number of hydrogen-bond donors (Lipinski definition) is 0. The topological polar surface area (TPSA) is 100 Å². The van der Waals surface area contributed by atoms with Gasteiger partial charge in [-0.25, -0.2) is 9.78 Å². The van der Waals surface area contributed by atoms with Gasteiger partial charge < -0.3 is 9.30 Å². The zero-order chi connectivity index (χ0) is 14.5. The van der Waals surface area contributed by atoms with Gasteiger partial charge in [-0.15, -0.1) is 0 Å². The number of pyridine rings is 1. The maximum atomic E-state index is 11.9. The summed E-state index contributed by atoms with van der Waals surface area (Å²) in [6.45, 7) is 2.21. The number of aromatic nitrogens is 3. The Morgan fingerprint density at radius 1 is 1.55 bits per heavy atom. The Morgan fingerprint density at radius 2 is 2.35 bits per heavy atom. The van der Waals surface area contributed by atoms with Crippen LogP contribution in [0.4, 0.5) is 5.69 Å². The van der Waals surface area contributed by atoms with E-state index in [0.29, 0.717) is 12.2 Å². The molecule has 0 aliphatic rings. The third-order valence-electron chi connectivity index (χ3n) is 2.65. The number of rotatable bonds is 5. The highest BCUT2D eigenvalue weighted by Crippen LogP contribution is 2.15. The molecule has 0 saturated carbocycles. The summed E-state index contributed by atoms with van der Waals surface area (Å²) in [7, 11) is 0. The fraction of sp³-hybridized carbons (Fsp3) is 0.250. The second kappa shape index (κ2) is 5.91. The molecule has 8 heteroatoms. The lowest BCUT2D eigenvalue weighted by Crippen LogP contribution is -2.12. The zero-order valence-corrected chi connectivity index (χ0v) is 10.7. The number of esters is 1. The van der Waals surface area contributed by atoms with Crippen molar-refractivity contribution in [2.45, 2.75) is 13.5 Å². The number of nitro groups is 1. The summed E-state index contributed by atoms with van der Waals surface area (Å²) in [5.41, 5.74) is 0.255. The second-order valence-corrected chi connectivity index (χ2v) is 4.02. The molecule has 2 aromatic rings. The van der Waals surface area contributed by atoms with Crippen LogP contribution in [-0.4, -0.2) is 32.0 Å². The lowest BCUT2D eigenvalue weighted by molar-refractivity contribution is -0.385. The van der Waals surface area contributed by atoms with E-state index < -0.39 is 10.9 Å². The van der Waals surface area contributed by atoms with Crippen molar-refractivity contribution >= 4 is 11.7 Å². The molecule has 0 spiro atoms. The van der Waals surface area contributed by atoms with Gasteiger partial charge in [-0.2, -0.15) is 0 Å². The lowest BCUT2D eigenvalue weighted by Gasteiger charge is -2.07. The lowest BCUT2D eigenvalue weighted by atomic mass is 10.2. The fourth-order valence-electron chi connectivity index (χ4n) is 1.57. The van der Waals surface area contributed by atoms with Crippen LogP contribution in [0.5, 0.6) is 0 Å². The fourth-order valence-corrected chi connectivity index (χ4v) is 1.57. The van der Waals surface area contributed by atoms with E-state index in [1.807, 2.05) is 0 Å². The van der Waals surface area contributed by atoms with Gasteiger partial charge in [0.15, 0.2) is 0 Å². The molecule has 0 bridgehead atoms. The molecule has 0 radical (unpaired) electrons. The SMILES string of the molecule is Cc1ncc([N+](=O)[O-])cc1C(=O)OCCn1ccnc1. The first-order valence-electron chi connectivity index (χ1n) is 5.82. The van der Waals surface area contributed by atoms with E-state index in [2.05, 4.69) is 9.97 Å². The van der Waals surface area contributed by atoms with E-state index >= 15 is 0 Å². The molecule has 2 rings (SSSR count). The quantitative estimate of drug-likeness (QED) is 0.464. The molecule has 0 saturated heterocycles. The molecular weight excluding hydrogens is 264 g/mol. The number of imidazole rings is 1. The second-order valence-electron chi connectivity index (χ2n) is 4.02. The highest BCUT2D eigenvalue weighted by Gasteiger charge is 2.16. The Morgan fingerprint density at radius 3 is 3.00 bits per heavy atom. The molecule has 104 valence electrons. The number of carbonyl (C=O) groups is 1. The average Bonchev–Trinajstić information content (AvgIpc) is 2.92. The molecular formula is C12H12N4O4. The number of aryl methyl sites for hydroxylation is 1. The average molecular weight is 276 g/mol. The maximum Gasteiger partial charge on any atom is 0.340 e. The summed E-state index contributed by atoms with van der Waals surface area (Å²) >= 11 is 0. The Kier molecular flexibility index (Phi) is 4.04. The van der Waals surface area contributed by atoms with E-state index in [1.165, 1.54) is 6.07 Å². The molecule has 2 aromatic heterocycles. The summed E-state index contributed by atoms with van der Waals surface area (Å²) in [5.74, 6) is -0.626. The van der Waals surface area contributed by atoms with Crippen LogP contribution in [0.15, 0.2) is 31.0 Å². The summed E-state index contributed by atoms with van der Waals surface area (Å²) in [5, 5.41) is 10.7. The van der Waals surface area contributed by atoms with Crippen molar-refractivity contribution in [3.05, 3.63) is 52.4 Å². The molecule has 0 N–H and O–H groups in total. The van der Waals surface area contributed by atoms with Gasteiger partial charge in [-0.05, 0) is 6.92 Å². The Labute approximate surface area is 114 Å². The van der Waals surface area contributed by atoms with Crippen LogP contribution >= 0.6 is 0 Å². The van der Waals surface area contributed by atoms with E-state index in [1.54, 1.807) is 30.2 Å². The number of nitrogens with zero attached hydrogens (tertiary/aromatic N) is 4. The molecule has 8 nitrogen and oxygen atoms in total. The Balaban J connectivity index is 2.01. The van der Waals surface area contributed by atoms with Gasteiger partial charge in [0.1, 0.15) is 12.8 Å². The predicted molar refractivity (Wildman–Crippen MR) is 68.1 cm³/mol. The maximum absolute atomic E-state index is 11.9. The van der Waals surface area contributed by atoms with Crippen molar-refractivity contribution < 1.29 is 14.5 Å². The highest BCUT2D eigenvalue weighted by molar-refractivity contribution is 5.91. The van der Waals surface area contributed by atoms with Crippen molar-refractivity contribution in [3.8, 4) is 0 Å². The monoisotopic (exact) mass is 276 g/mol. The molecule has 0 aliphatic carbocycles.